The third-order valence-electron chi connectivity index (χ3n) is 6.85. The molecule has 1 heterocycles. The van der Waals surface area contributed by atoms with Gasteiger partial charge in [0.2, 0.25) is 0 Å². The molecule has 0 aliphatic rings. The molecule has 0 radical (unpaired) electrons. The number of thiazole rings is 1. The summed E-state index contributed by atoms with van der Waals surface area (Å²) in [5, 5.41) is 3.18. The largest absolute Gasteiger partial charge is 0.760 e. The highest BCUT2D eigenvalue weighted by Crippen LogP contribution is 2.36. The summed E-state index contributed by atoms with van der Waals surface area (Å²) in [5.74, 6) is -0.360. The summed E-state index contributed by atoms with van der Waals surface area (Å²) in [4.78, 5) is 19.8. The predicted octanol–water partition coefficient (Wildman–Crippen LogP) is 7.75. The molecule has 0 saturated carbocycles. The molecule has 43 heavy (non-hydrogen) atoms. The number of nitrogens with one attached hydrogen (secondary N) is 2. The van der Waals surface area contributed by atoms with E-state index in [1.165, 1.54) is 12.1 Å². The Labute approximate surface area is 260 Å². The topological polar surface area (TPSA) is 97.4 Å². The van der Waals surface area contributed by atoms with Gasteiger partial charge in [-0.1, -0.05) is 108 Å². The Bertz CT molecular complexity index is 1630. The van der Waals surface area contributed by atoms with Crippen LogP contribution in [-0.2, 0) is 17.8 Å². The van der Waals surface area contributed by atoms with Crippen molar-refractivity contribution >= 4 is 51.1 Å². The van der Waals surface area contributed by atoms with E-state index in [9.17, 15) is 17.9 Å². The second kappa shape index (κ2) is 14.5. The maximum atomic E-state index is 13.8. The van der Waals surface area contributed by atoms with Gasteiger partial charge in [0.15, 0.2) is 5.13 Å². The maximum absolute atomic E-state index is 13.8. The van der Waals surface area contributed by atoms with Crippen LogP contribution < -0.4 is 14.9 Å². The van der Waals surface area contributed by atoms with Gasteiger partial charge in [-0.05, 0) is 47.4 Å². The molecule has 2 N–H and O–H groups in total. The quantitative estimate of drug-likeness (QED) is 0.145. The van der Waals surface area contributed by atoms with Crippen LogP contribution in [0.15, 0.2) is 109 Å². The monoisotopic (exact) mass is 633 g/mol. The van der Waals surface area contributed by atoms with Gasteiger partial charge < -0.3 is 4.55 Å². The highest BCUT2D eigenvalue weighted by Gasteiger charge is 2.22. The van der Waals surface area contributed by atoms with Crippen LogP contribution in [0.25, 0.3) is 11.3 Å². The lowest BCUT2D eigenvalue weighted by molar-refractivity contribution is 0.256. The molecule has 2 amide bonds. The molecule has 0 aliphatic carbocycles. The Morgan fingerprint density at radius 3 is 2.12 bits per heavy atom. The van der Waals surface area contributed by atoms with Crippen molar-refractivity contribution < 1.29 is 17.9 Å². The van der Waals surface area contributed by atoms with Gasteiger partial charge in [-0.2, -0.15) is 0 Å². The Hall–Kier alpha value is -3.93. The SMILES string of the molecule is O=C(Nc1nc(-c2ccc(CNS(=O)[O-])cc2)c(Cl)s1)N(CCC(c1ccccc1)c1ccccc1)c1ccc(F)cc1. The van der Waals surface area contributed by atoms with Crippen LogP contribution in [0.5, 0.6) is 0 Å². The van der Waals surface area contributed by atoms with Crippen LogP contribution in [-0.4, -0.2) is 26.3 Å². The first-order chi connectivity index (χ1) is 20.9. The van der Waals surface area contributed by atoms with E-state index in [0.717, 1.165) is 33.6 Å². The number of amides is 2. The van der Waals surface area contributed by atoms with Crippen molar-refractivity contribution in [3.8, 4) is 11.3 Å². The van der Waals surface area contributed by atoms with E-state index in [1.807, 2.05) is 36.4 Å². The first-order valence-electron chi connectivity index (χ1n) is 13.4. The number of aromatic nitrogens is 1. The molecule has 4 aromatic carbocycles. The molecule has 1 atom stereocenters. The van der Waals surface area contributed by atoms with E-state index in [0.29, 0.717) is 33.8 Å². The third-order valence-corrected chi connectivity index (χ3v) is 8.40. The first kappa shape index (κ1) is 30.5. The molecule has 5 rings (SSSR count). The lowest BCUT2D eigenvalue weighted by Crippen LogP contribution is -2.36. The average Bonchev–Trinajstić information content (AvgIpc) is 3.39. The molecule has 1 unspecified atom stereocenters. The molecular formula is C32H27ClFN4O3S2-. The van der Waals surface area contributed by atoms with Gasteiger partial charge in [-0.3, -0.25) is 14.4 Å². The average molecular weight is 634 g/mol. The van der Waals surface area contributed by atoms with Crippen LogP contribution >= 0.6 is 22.9 Å². The van der Waals surface area contributed by atoms with E-state index >= 15 is 0 Å². The fourth-order valence-corrected chi connectivity index (χ4v) is 6.10. The number of hydrogen-bond acceptors (Lipinski definition) is 5. The number of halogens is 2. The number of carbonyl (C=O) groups is 1. The zero-order valence-electron chi connectivity index (χ0n) is 22.8. The van der Waals surface area contributed by atoms with Gasteiger partial charge >= 0.3 is 6.03 Å². The van der Waals surface area contributed by atoms with Crippen molar-refractivity contribution in [3.05, 3.63) is 136 Å². The molecule has 0 aliphatic heterocycles. The Morgan fingerprint density at radius 2 is 1.53 bits per heavy atom. The zero-order chi connectivity index (χ0) is 30.2. The molecule has 0 bridgehead atoms. The molecule has 7 nitrogen and oxygen atoms in total. The maximum Gasteiger partial charge on any atom is 0.328 e. The number of hydrogen-bond donors (Lipinski definition) is 2. The van der Waals surface area contributed by atoms with Crippen molar-refractivity contribution in [2.75, 3.05) is 16.8 Å². The fraction of sp³-hybridized carbons (Fsp3) is 0.125. The highest BCUT2D eigenvalue weighted by molar-refractivity contribution is 7.77. The number of nitrogens with zero attached hydrogens (tertiary/aromatic N) is 2. The van der Waals surface area contributed by atoms with Crippen molar-refractivity contribution in [1.82, 2.24) is 9.71 Å². The van der Waals surface area contributed by atoms with Gasteiger partial charge in [-0.15, -0.1) is 0 Å². The third kappa shape index (κ3) is 8.13. The minimum absolute atomic E-state index is 0.0332. The summed E-state index contributed by atoms with van der Waals surface area (Å²) < 4.78 is 38.0. The van der Waals surface area contributed by atoms with Crippen LogP contribution in [0.3, 0.4) is 0 Å². The summed E-state index contributed by atoms with van der Waals surface area (Å²) in [7, 11) is 0. The number of carbonyl (C=O) groups excluding carboxylic acids is 1. The van der Waals surface area contributed by atoms with E-state index in [2.05, 4.69) is 39.3 Å². The summed E-state index contributed by atoms with van der Waals surface area (Å²) in [5.41, 5.74) is 4.80. The molecule has 0 saturated heterocycles. The summed E-state index contributed by atoms with van der Waals surface area (Å²) >= 11 is 5.29. The van der Waals surface area contributed by atoms with Crippen molar-refractivity contribution in [2.45, 2.75) is 18.9 Å². The van der Waals surface area contributed by atoms with Crippen LogP contribution in [0.1, 0.15) is 29.0 Å². The number of benzene rings is 4. The van der Waals surface area contributed by atoms with Gasteiger partial charge in [-0.25, -0.2) is 18.9 Å². The molecular weight excluding hydrogens is 607 g/mol. The van der Waals surface area contributed by atoms with Gasteiger partial charge in [0, 0.05) is 41.5 Å². The molecule has 0 fully saturated rings. The predicted molar refractivity (Wildman–Crippen MR) is 170 cm³/mol. The molecule has 220 valence electrons. The van der Waals surface area contributed by atoms with E-state index < -0.39 is 23.1 Å². The van der Waals surface area contributed by atoms with E-state index in [1.54, 1.807) is 41.3 Å². The standard InChI is InChI=1S/C32H28ClFN4O3S2/c33-30-29(25-13-11-22(12-14-25)21-35-43(40)41)36-31(42-30)37-32(39)38(27-17-15-26(34)16-18-27)20-19-28(23-7-3-1-4-8-23)24-9-5-2-6-10-24/h1-18,28,35H,19-21H2,(H,40,41)(H,36,37,39)/p-1. The molecule has 1 aromatic heterocycles. The highest BCUT2D eigenvalue weighted by atomic mass is 35.5. The first-order valence-corrected chi connectivity index (χ1v) is 15.7. The Balaban J connectivity index is 1.36. The van der Waals surface area contributed by atoms with Gasteiger partial charge in [0.05, 0.1) is 0 Å². The Kier molecular flexibility index (Phi) is 10.3. The van der Waals surface area contributed by atoms with E-state index in [4.69, 9.17) is 11.6 Å². The smallest absolute Gasteiger partial charge is 0.328 e. The lowest BCUT2D eigenvalue weighted by Gasteiger charge is -2.26. The van der Waals surface area contributed by atoms with Crippen LogP contribution in [0.4, 0.5) is 20.0 Å². The number of rotatable bonds is 11. The van der Waals surface area contributed by atoms with Gasteiger partial charge in [0.25, 0.3) is 0 Å². The molecule has 11 heteroatoms. The lowest BCUT2D eigenvalue weighted by atomic mass is 9.88. The summed E-state index contributed by atoms with van der Waals surface area (Å²) in [6, 6.07) is 32.8. The minimum atomic E-state index is -2.35. The zero-order valence-corrected chi connectivity index (χ0v) is 25.2. The van der Waals surface area contributed by atoms with Crippen molar-refractivity contribution in [3.63, 3.8) is 0 Å². The molecule has 0 spiro atoms. The van der Waals surface area contributed by atoms with Crippen LogP contribution in [0.2, 0.25) is 4.34 Å². The second-order valence-electron chi connectivity index (χ2n) is 9.61. The number of urea groups is 1. The fourth-order valence-electron chi connectivity index (χ4n) is 4.74. The summed E-state index contributed by atoms with van der Waals surface area (Å²) in [6.07, 6.45) is 0.615. The second-order valence-corrected chi connectivity index (χ2v) is 12.0. The Morgan fingerprint density at radius 1 is 0.930 bits per heavy atom. The van der Waals surface area contributed by atoms with E-state index in [-0.39, 0.29) is 12.5 Å². The molecule has 5 aromatic rings. The van der Waals surface area contributed by atoms with Crippen molar-refractivity contribution in [1.29, 1.82) is 0 Å². The van der Waals surface area contributed by atoms with Crippen LogP contribution in [0, 0.1) is 5.82 Å². The normalized spacial score (nSPS) is 11.8. The van der Waals surface area contributed by atoms with Crippen molar-refractivity contribution in [2.24, 2.45) is 0 Å². The van der Waals surface area contributed by atoms with Gasteiger partial charge in [0.1, 0.15) is 15.8 Å². The number of anilines is 2. The minimum Gasteiger partial charge on any atom is -0.760 e. The summed E-state index contributed by atoms with van der Waals surface area (Å²) in [6.45, 7) is 0.513.